The van der Waals surface area contributed by atoms with E-state index in [0.717, 1.165) is 10.2 Å². The number of hydrogen-bond donors (Lipinski definition) is 2. The number of ether oxygens (including phenoxy) is 2. The molecule has 13 heteroatoms. The lowest BCUT2D eigenvalue weighted by Gasteiger charge is -2.11. The highest BCUT2D eigenvalue weighted by Crippen LogP contribution is 2.28. The minimum absolute atomic E-state index is 0.0377. The second kappa shape index (κ2) is 9.77. The second-order valence-electron chi connectivity index (χ2n) is 6.93. The summed E-state index contributed by atoms with van der Waals surface area (Å²) < 4.78 is 29.8. The molecule has 2 aromatic carbocycles. The zero-order valence-electron chi connectivity index (χ0n) is 18.1. The molecule has 0 saturated heterocycles. The van der Waals surface area contributed by atoms with E-state index in [0.29, 0.717) is 22.8 Å². The number of rotatable bonds is 8. The van der Waals surface area contributed by atoms with E-state index in [-0.39, 0.29) is 29.8 Å². The van der Waals surface area contributed by atoms with E-state index in [1.54, 1.807) is 37.3 Å². The molecule has 1 amide bonds. The zero-order valence-corrected chi connectivity index (χ0v) is 18.1. The number of carbonyl (C=O) groups excluding carboxylic acids is 1. The van der Waals surface area contributed by atoms with Crippen molar-refractivity contribution in [2.45, 2.75) is 13.5 Å². The number of hydrazone groups is 1. The van der Waals surface area contributed by atoms with Gasteiger partial charge in [0.15, 0.2) is 17.2 Å². The Kier molecular flexibility index (Phi) is 6.43. The third-order valence-corrected chi connectivity index (χ3v) is 4.62. The Morgan fingerprint density at radius 2 is 2.03 bits per heavy atom. The molecule has 0 aliphatic rings. The van der Waals surface area contributed by atoms with Crippen LogP contribution in [0.3, 0.4) is 0 Å². The van der Waals surface area contributed by atoms with Gasteiger partial charge in [0.05, 0.1) is 19.0 Å². The molecule has 2 aromatic heterocycles. The second-order valence-corrected chi connectivity index (χ2v) is 6.93. The van der Waals surface area contributed by atoms with Gasteiger partial charge in [0.25, 0.3) is 5.91 Å². The number of nitrogens with one attached hydrogen (secondary N) is 1. The number of carbonyl (C=O) groups is 1. The summed E-state index contributed by atoms with van der Waals surface area (Å²) in [5.41, 5.74) is 9.93. The van der Waals surface area contributed by atoms with Crippen molar-refractivity contribution >= 4 is 17.9 Å². The van der Waals surface area contributed by atoms with Gasteiger partial charge in [0.1, 0.15) is 12.4 Å². The van der Waals surface area contributed by atoms with E-state index in [1.807, 2.05) is 0 Å². The molecule has 4 rings (SSSR count). The fourth-order valence-electron chi connectivity index (χ4n) is 2.95. The van der Waals surface area contributed by atoms with Crippen molar-refractivity contribution in [3.8, 4) is 17.3 Å². The Bertz CT molecular complexity index is 1330. The molecule has 12 nitrogen and oxygen atoms in total. The summed E-state index contributed by atoms with van der Waals surface area (Å²) >= 11 is 0. The van der Waals surface area contributed by atoms with Gasteiger partial charge in [0.2, 0.25) is 11.6 Å². The highest BCUT2D eigenvalue weighted by molar-refractivity contribution is 5.94. The number of aryl methyl sites for hydroxylation is 1. The van der Waals surface area contributed by atoms with Crippen LogP contribution in [0.15, 0.2) is 52.2 Å². The molecule has 0 fully saturated rings. The van der Waals surface area contributed by atoms with Crippen LogP contribution >= 0.6 is 0 Å². The van der Waals surface area contributed by atoms with E-state index in [9.17, 15) is 9.18 Å². The quantitative estimate of drug-likeness (QED) is 0.293. The van der Waals surface area contributed by atoms with Gasteiger partial charge in [-0.05, 0) is 58.7 Å². The lowest BCUT2D eigenvalue weighted by atomic mass is 10.2. The van der Waals surface area contributed by atoms with Crippen LogP contribution in [0.4, 0.5) is 10.2 Å². The van der Waals surface area contributed by atoms with Crippen molar-refractivity contribution in [2.75, 3.05) is 12.8 Å². The fraction of sp³-hybridized carbons (Fsp3) is 0.143. The molecule has 4 aromatic rings. The molecule has 0 aliphatic heterocycles. The molecule has 0 saturated carbocycles. The van der Waals surface area contributed by atoms with Crippen LogP contribution in [-0.4, -0.2) is 44.5 Å². The van der Waals surface area contributed by atoms with Gasteiger partial charge in [-0.1, -0.05) is 17.3 Å². The third-order valence-electron chi connectivity index (χ3n) is 4.62. The number of aromatic nitrogens is 5. The van der Waals surface area contributed by atoms with Crippen LogP contribution in [0.1, 0.15) is 27.3 Å². The first kappa shape index (κ1) is 22.4. The Labute approximate surface area is 192 Å². The topological polar surface area (TPSA) is 156 Å². The number of nitrogens with zero attached hydrogens (tertiary/aromatic N) is 6. The van der Waals surface area contributed by atoms with Gasteiger partial charge in [-0.3, -0.25) is 4.79 Å². The molecule has 3 N–H and O–H groups in total. The van der Waals surface area contributed by atoms with Crippen LogP contribution < -0.4 is 20.6 Å². The molecular formula is C21H19FN8O4. The minimum Gasteiger partial charge on any atom is -0.493 e. The van der Waals surface area contributed by atoms with Gasteiger partial charge < -0.3 is 15.2 Å². The van der Waals surface area contributed by atoms with Crippen molar-refractivity contribution < 1.29 is 23.3 Å². The predicted octanol–water partition coefficient (Wildman–Crippen LogP) is 2.03. The first-order chi connectivity index (χ1) is 16.5. The Hall–Kier alpha value is -4.81. The van der Waals surface area contributed by atoms with Crippen LogP contribution in [-0.2, 0) is 6.61 Å². The number of halogens is 1. The first-order valence-corrected chi connectivity index (χ1v) is 9.85. The maximum absolute atomic E-state index is 13.0. The predicted molar refractivity (Wildman–Crippen MR) is 117 cm³/mol. The molecule has 0 bridgehead atoms. The number of methoxy groups -OCH3 is 1. The molecule has 2 heterocycles. The van der Waals surface area contributed by atoms with Crippen molar-refractivity contribution in [1.29, 1.82) is 0 Å². The molecule has 0 aliphatic carbocycles. The van der Waals surface area contributed by atoms with Crippen molar-refractivity contribution in [1.82, 2.24) is 30.7 Å². The maximum Gasteiger partial charge on any atom is 0.292 e. The molecule has 174 valence electrons. The first-order valence-electron chi connectivity index (χ1n) is 9.85. The number of hydrogen-bond acceptors (Lipinski definition) is 10. The largest absolute Gasteiger partial charge is 0.493 e. The number of amides is 1. The smallest absolute Gasteiger partial charge is 0.292 e. The maximum atomic E-state index is 13.0. The lowest BCUT2D eigenvalue weighted by Crippen LogP contribution is -2.22. The normalized spacial score (nSPS) is 11.0. The molecule has 0 atom stereocenters. The highest BCUT2D eigenvalue weighted by Gasteiger charge is 2.22. The average Bonchev–Trinajstić information content (AvgIpc) is 3.43. The van der Waals surface area contributed by atoms with E-state index in [2.05, 4.69) is 35.8 Å². The van der Waals surface area contributed by atoms with Gasteiger partial charge in [-0.15, -0.1) is 5.10 Å². The SMILES string of the molecule is COc1cc(/C=N\NC(=O)c2c(C)nnn2-c2nonc2N)ccc1OCc1ccc(F)cc1. The Morgan fingerprint density at radius 1 is 1.24 bits per heavy atom. The van der Waals surface area contributed by atoms with Crippen LogP contribution in [0, 0.1) is 12.7 Å². The molecule has 34 heavy (non-hydrogen) atoms. The monoisotopic (exact) mass is 466 g/mol. The molecular weight excluding hydrogens is 447 g/mol. The lowest BCUT2D eigenvalue weighted by molar-refractivity contribution is 0.0946. The summed E-state index contributed by atoms with van der Waals surface area (Å²) in [5, 5.41) is 18.8. The number of anilines is 1. The van der Waals surface area contributed by atoms with E-state index < -0.39 is 5.91 Å². The van der Waals surface area contributed by atoms with Crippen molar-refractivity contribution in [3.05, 3.63) is 70.8 Å². The number of nitrogen functional groups attached to an aromatic ring is 1. The third kappa shape index (κ3) is 4.82. The summed E-state index contributed by atoms with van der Waals surface area (Å²) in [6.07, 6.45) is 1.43. The minimum atomic E-state index is -0.590. The summed E-state index contributed by atoms with van der Waals surface area (Å²) in [5.74, 6) is 0.0495. The summed E-state index contributed by atoms with van der Waals surface area (Å²) in [4.78, 5) is 12.6. The molecule has 0 radical (unpaired) electrons. The fourth-order valence-corrected chi connectivity index (χ4v) is 2.95. The average molecular weight is 466 g/mol. The van der Waals surface area contributed by atoms with Gasteiger partial charge in [-0.2, -0.15) is 9.78 Å². The Balaban J connectivity index is 1.43. The van der Waals surface area contributed by atoms with E-state index >= 15 is 0 Å². The van der Waals surface area contributed by atoms with E-state index in [4.69, 9.17) is 15.2 Å². The zero-order chi connectivity index (χ0) is 24.1. The Morgan fingerprint density at radius 3 is 2.74 bits per heavy atom. The van der Waals surface area contributed by atoms with Gasteiger partial charge >= 0.3 is 0 Å². The van der Waals surface area contributed by atoms with Crippen LogP contribution in [0.5, 0.6) is 11.5 Å². The number of nitrogens with two attached hydrogens (primary N) is 1. The summed E-state index contributed by atoms with van der Waals surface area (Å²) in [7, 11) is 1.50. The van der Waals surface area contributed by atoms with Crippen molar-refractivity contribution in [3.63, 3.8) is 0 Å². The summed E-state index contributed by atoms with van der Waals surface area (Å²) in [6, 6.07) is 11.1. The molecule has 0 spiro atoms. The summed E-state index contributed by atoms with van der Waals surface area (Å²) in [6.45, 7) is 1.84. The van der Waals surface area contributed by atoms with E-state index in [1.165, 1.54) is 25.5 Å². The number of benzene rings is 2. The van der Waals surface area contributed by atoms with Crippen LogP contribution in [0.25, 0.3) is 5.82 Å². The van der Waals surface area contributed by atoms with Gasteiger partial charge in [-0.25, -0.2) is 14.4 Å². The standard InChI is InChI=1S/C21H19FN8O4/c1-12-18(30(29-25-12)20-19(23)27-34-28-20)21(31)26-24-10-14-5-8-16(17(9-14)32-2)33-11-13-3-6-15(22)7-4-13/h3-10H,11H2,1-2H3,(H2,23,27)(H,26,31)/b24-10-. The highest BCUT2D eigenvalue weighted by atomic mass is 19.1. The van der Waals surface area contributed by atoms with Crippen LogP contribution in [0.2, 0.25) is 0 Å². The molecule has 0 unspecified atom stereocenters. The van der Waals surface area contributed by atoms with Gasteiger partial charge in [0, 0.05) is 0 Å². The van der Waals surface area contributed by atoms with Crippen molar-refractivity contribution in [2.24, 2.45) is 5.10 Å².